The highest BCUT2D eigenvalue weighted by Crippen LogP contribution is 2.31. The molecular formula is C14H20N4O3. The van der Waals surface area contributed by atoms with E-state index in [-0.39, 0.29) is 17.9 Å². The molecule has 1 aliphatic rings. The van der Waals surface area contributed by atoms with Crippen molar-refractivity contribution in [3.05, 3.63) is 23.8 Å². The second-order valence-electron chi connectivity index (χ2n) is 5.29. The number of nitrogens with zero attached hydrogens (tertiary/aromatic N) is 2. The van der Waals surface area contributed by atoms with Gasteiger partial charge in [0.15, 0.2) is 0 Å². The van der Waals surface area contributed by atoms with Crippen LogP contribution in [0.4, 0.5) is 4.79 Å². The Morgan fingerprint density at radius 1 is 1.38 bits per heavy atom. The molecule has 1 aromatic rings. The third kappa shape index (κ3) is 4.40. The van der Waals surface area contributed by atoms with Gasteiger partial charge in [-0.1, -0.05) is 6.42 Å². The summed E-state index contributed by atoms with van der Waals surface area (Å²) in [5.74, 6) is -0.425. The third-order valence-electron chi connectivity index (χ3n) is 3.76. The van der Waals surface area contributed by atoms with Crippen LogP contribution in [0, 0.1) is 18.8 Å². The number of nitrogens with one attached hydrogen (secondary N) is 2. The molecule has 1 saturated carbocycles. The van der Waals surface area contributed by atoms with Crippen molar-refractivity contribution in [2.75, 3.05) is 6.54 Å². The fraction of sp³-hybridized carbons (Fsp3) is 0.571. The van der Waals surface area contributed by atoms with Crippen LogP contribution < -0.4 is 10.6 Å². The third-order valence-corrected chi connectivity index (χ3v) is 3.76. The van der Waals surface area contributed by atoms with Gasteiger partial charge < -0.3 is 15.7 Å². The van der Waals surface area contributed by atoms with E-state index in [1.807, 2.05) is 0 Å². The molecule has 2 atom stereocenters. The number of hydrogen-bond donors (Lipinski definition) is 3. The minimum atomic E-state index is -0.767. The number of carbonyl (C=O) groups is 2. The minimum absolute atomic E-state index is 0.0227. The number of carboxylic acid groups (broad SMARTS) is 1. The highest BCUT2D eigenvalue weighted by molar-refractivity contribution is 5.74. The van der Waals surface area contributed by atoms with Crippen LogP contribution in [-0.4, -0.2) is 33.6 Å². The molecule has 1 fully saturated rings. The van der Waals surface area contributed by atoms with Gasteiger partial charge in [0.2, 0.25) is 0 Å². The summed E-state index contributed by atoms with van der Waals surface area (Å²) in [5.41, 5.74) is 0.738. The fourth-order valence-electron chi connectivity index (χ4n) is 2.67. The summed E-state index contributed by atoms with van der Waals surface area (Å²) in [5, 5.41) is 14.5. The maximum atomic E-state index is 11.7. The molecule has 7 nitrogen and oxygen atoms in total. The minimum Gasteiger partial charge on any atom is -0.481 e. The van der Waals surface area contributed by atoms with Crippen LogP contribution in [0.3, 0.4) is 0 Å². The van der Waals surface area contributed by atoms with Crippen molar-refractivity contribution in [1.82, 2.24) is 20.6 Å². The molecule has 0 aliphatic heterocycles. The second kappa shape index (κ2) is 7.01. The van der Waals surface area contributed by atoms with Gasteiger partial charge in [-0.15, -0.1) is 0 Å². The number of hydrogen-bond acceptors (Lipinski definition) is 4. The Labute approximate surface area is 123 Å². The molecule has 1 aliphatic carbocycles. The molecule has 0 aromatic carbocycles. The first-order valence-electron chi connectivity index (χ1n) is 7.09. The largest absolute Gasteiger partial charge is 0.481 e. The number of amides is 2. The number of urea groups is 1. The molecule has 7 heteroatoms. The monoisotopic (exact) mass is 292 g/mol. The van der Waals surface area contributed by atoms with Gasteiger partial charge in [0.05, 0.1) is 18.2 Å². The van der Waals surface area contributed by atoms with E-state index >= 15 is 0 Å². The van der Waals surface area contributed by atoms with Crippen molar-refractivity contribution in [2.24, 2.45) is 11.8 Å². The number of carboxylic acids is 1. The molecule has 21 heavy (non-hydrogen) atoms. The van der Waals surface area contributed by atoms with E-state index in [2.05, 4.69) is 20.6 Å². The molecule has 2 unspecified atom stereocenters. The molecule has 1 aromatic heterocycles. The summed E-state index contributed by atoms with van der Waals surface area (Å²) in [7, 11) is 0. The molecule has 114 valence electrons. The van der Waals surface area contributed by atoms with Gasteiger partial charge in [0.1, 0.15) is 5.82 Å². The predicted molar refractivity (Wildman–Crippen MR) is 75.5 cm³/mol. The van der Waals surface area contributed by atoms with Crippen LogP contribution in [0.5, 0.6) is 0 Å². The normalized spacial score (nSPS) is 21.0. The van der Waals surface area contributed by atoms with E-state index in [9.17, 15) is 9.59 Å². The van der Waals surface area contributed by atoms with Crippen LogP contribution in [0.1, 0.15) is 30.8 Å². The van der Waals surface area contributed by atoms with E-state index in [1.54, 1.807) is 19.2 Å². The smallest absolute Gasteiger partial charge is 0.315 e. The Morgan fingerprint density at radius 2 is 2.19 bits per heavy atom. The molecule has 0 saturated heterocycles. The standard InChI is InChI=1S/C14H20N4O3/c1-9-15-6-5-11(18-9)8-17-14(21)16-7-10-3-2-4-12(10)13(19)20/h5-6,10,12H,2-4,7-8H2,1H3,(H,19,20)(H2,16,17,21). The number of rotatable bonds is 5. The SMILES string of the molecule is Cc1nccc(CNC(=O)NCC2CCCC2C(=O)O)n1. The molecule has 2 rings (SSSR count). The van der Waals surface area contributed by atoms with Crippen LogP contribution in [0.25, 0.3) is 0 Å². The molecule has 0 spiro atoms. The zero-order valence-electron chi connectivity index (χ0n) is 12.0. The van der Waals surface area contributed by atoms with Crippen molar-refractivity contribution >= 4 is 12.0 Å². The van der Waals surface area contributed by atoms with E-state index < -0.39 is 5.97 Å². The highest BCUT2D eigenvalue weighted by atomic mass is 16.4. The van der Waals surface area contributed by atoms with Gasteiger partial charge in [-0.05, 0) is 31.7 Å². The Morgan fingerprint density at radius 3 is 2.90 bits per heavy atom. The van der Waals surface area contributed by atoms with Crippen molar-refractivity contribution in [1.29, 1.82) is 0 Å². The first-order valence-corrected chi connectivity index (χ1v) is 7.09. The summed E-state index contributed by atoms with van der Waals surface area (Å²) in [6, 6.07) is 1.44. The zero-order chi connectivity index (χ0) is 15.2. The predicted octanol–water partition coefficient (Wildman–Crippen LogP) is 1.09. The van der Waals surface area contributed by atoms with Gasteiger partial charge >= 0.3 is 12.0 Å². The summed E-state index contributed by atoms with van der Waals surface area (Å²) in [6.45, 7) is 2.50. The number of aryl methyl sites for hydroxylation is 1. The van der Waals surface area contributed by atoms with E-state index in [0.717, 1.165) is 18.5 Å². The lowest BCUT2D eigenvalue weighted by atomic mass is 9.96. The molecule has 0 bridgehead atoms. The number of aliphatic carboxylic acids is 1. The maximum Gasteiger partial charge on any atom is 0.315 e. The number of carbonyl (C=O) groups excluding carboxylic acids is 1. The van der Waals surface area contributed by atoms with Crippen molar-refractivity contribution in [3.63, 3.8) is 0 Å². The quantitative estimate of drug-likeness (QED) is 0.753. The highest BCUT2D eigenvalue weighted by Gasteiger charge is 2.32. The lowest BCUT2D eigenvalue weighted by Crippen LogP contribution is -2.39. The van der Waals surface area contributed by atoms with Crippen LogP contribution in [0.15, 0.2) is 12.3 Å². The molecule has 3 N–H and O–H groups in total. The molecule has 1 heterocycles. The summed E-state index contributed by atoms with van der Waals surface area (Å²) < 4.78 is 0. The van der Waals surface area contributed by atoms with Crippen molar-refractivity contribution in [2.45, 2.75) is 32.7 Å². The Hall–Kier alpha value is -2.18. The summed E-state index contributed by atoms with van der Waals surface area (Å²) in [4.78, 5) is 31.0. The van der Waals surface area contributed by atoms with Crippen LogP contribution >= 0.6 is 0 Å². The average molecular weight is 292 g/mol. The van der Waals surface area contributed by atoms with Gasteiger partial charge in [0.25, 0.3) is 0 Å². The Bertz CT molecular complexity index is 521. The average Bonchev–Trinajstić information content (AvgIpc) is 2.91. The lowest BCUT2D eigenvalue weighted by molar-refractivity contribution is -0.142. The van der Waals surface area contributed by atoms with E-state index in [0.29, 0.717) is 25.3 Å². The summed E-state index contributed by atoms with van der Waals surface area (Å²) >= 11 is 0. The molecule has 2 amide bonds. The van der Waals surface area contributed by atoms with Crippen molar-refractivity contribution < 1.29 is 14.7 Å². The fourth-order valence-corrected chi connectivity index (χ4v) is 2.67. The van der Waals surface area contributed by atoms with Crippen LogP contribution in [0.2, 0.25) is 0 Å². The van der Waals surface area contributed by atoms with Crippen LogP contribution in [-0.2, 0) is 11.3 Å². The molecule has 0 radical (unpaired) electrons. The summed E-state index contributed by atoms with van der Waals surface area (Å²) in [6.07, 6.45) is 4.10. The van der Waals surface area contributed by atoms with Gasteiger partial charge in [-0.2, -0.15) is 0 Å². The lowest BCUT2D eigenvalue weighted by Gasteiger charge is -2.16. The number of aromatic nitrogens is 2. The zero-order valence-corrected chi connectivity index (χ0v) is 12.0. The topological polar surface area (TPSA) is 104 Å². The Balaban J connectivity index is 1.74. The van der Waals surface area contributed by atoms with Gasteiger partial charge in [-0.25, -0.2) is 14.8 Å². The van der Waals surface area contributed by atoms with Crippen molar-refractivity contribution in [3.8, 4) is 0 Å². The first kappa shape index (κ1) is 15.2. The van der Waals surface area contributed by atoms with Gasteiger partial charge in [-0.3, -0.25) is 4.79 Å². The molecular weight excluding hydrogens is 272 g/mol. The maximum absolute atomic E-state index is 11.7. The first-order chi connectivity index (χ1) is 10.1. The van der Waals surface area contributed by atoms with E-state index in [1.165, 1.54) is 0 Å². The second-order valence-corrected chi connectivity index (χ2v) is 5.29. The van der Waals surface area contributed by atoms with E-state index in [4.69, 9.17) is 5.11 Å². The Kier molecular flexibility index (Phi) is 5.08. The van der Waals surface area contributed by atoms with Gasteiger partial charge in [0, 0.05) is 12.7 Å².